The van der Waals surface area contributed by atoms with Crippen LogP contribution in [0.5, 0.6) is 0 Å². The molecule has 1 spiro atoms. The molecule has 170 valence electrons. The highest BCUT2D eigenvalue weighted by Gasteiger charge is 2.73. The van der Waals surface area contributed by atoms with Crippen LogP contribution in [0, 0.1) is 4.91 Å². The van der Waals surface area contributed by atoms with Crippen LogP contribution < -0.4 is 10.2 Å². The maximum atomic E-state index is 13.9. The number of carbonyl (C=O) groups excluding carboxylic acids is 3. The average Bonchev–Trinajstić information content (AvgIpc) is 3.47. The molecular formula is C24H21N5O5+2. The third kappa shape index (κ3) is 2.72. The number of fused-ring (bicyclic) bond motifs is 2. The van der Waals surface area contributed by atoms with Gasteiger partial charge in [-0.3, -0.25) is 9.59 Å². The van der Waals surface area contributed by atoms with Gasteiger partial charge in [0.25, 0.3) is 16.7 Å². The van der Waals surface area contributed by atoms with E-state index in [4.69, 9.17) is 5.21 Å². The first kappa shape index (κ1) is 20.5. The predicted octanol–water partition coefficient (Wildman–Crippen LogP) is 2.59. The van der Waals surface area contributed by atoms with Crippen molar-refractivity contribution in [3.05, 3.63) is 71.6 Å². The second-order valence-corrected chi connectivity index (χ2v) is 8.91. The van der Waals surface area contributed by atoms with Gasteiger partial charge < -0.3 is 5.32 Å². The van der Waals surface area contributed by atoms with Gasteiger partial charge in [0, 0.05) is 23.2 Å². The molecule has 2 bridgehead atoms. The van der Waals surface area contributed by atoms with Crippen molar-refractivity contribution in [1.82, 2.24) is 4.90 Å². The van der Waals surface area contributed by atoms with Gasteiger partial charge in [0.1, 0.15) is 6.67 Å². The smallest absolute Gasteiger partial charge is 0.321 e. The fourth-order valence-corrected chi connectivity index (χ4v) is 5.59. The molecule has 10 nitrogen and oxygen atoms in total. The van der Waals surface area contributed by atoms with Crippen LogP contribution in [0.1, 0.15) is 0 Å². The number of nitrogens with zero attached hydrogens (tertiary/aromatic N) is 4. The minimum Gasteiger partial charge on any atom is -0.321 e. The summed E-state index contributed by atoms with van der Waals surface area (Å²) in [6, 6.07) is 17.1. The van der Waals surface area contributed by atoms with E-state index in [2.05, 4.69) is 5.32 Å². The Hall–Kier alpha value is -4.15. The highest BCUT2D eigenvalue weighted by atomic mass is 16.6. The lowest BCUT2D eigenvalue weighted by Gasteiger charge is -2.32. The number of imide groups is 1. The van der Waals surface area contributed by atoms with Gasteiger partial charge >= 0.3 is 11.7 Å². The third-order valence-corrected chi connectivity index (χ3v) is 7.11. The van der Waals surface area contributed by atoms with Crippen LogP contribution in [0.25, 0.3) is 10.8 Å². The Morgan fingerprint density at radius 1 is 1.03 bits per heavy atom. The van der Waals surface area contributed by atoms with Crippen LogP contribution in [0.15, 0.2) is 66.7 Å². The van der Waals surface area contributed by atoms with Gasteiger partial charge in [0.15, 0.2) is 12.1 Å². The molecule has 3 aromatic rings. The van der Waals surface area contributed by atoms with Gasteiger partial charge in [-0.05, 0) is 17.5 Å². The van der Waals surface area contributed by atoms with Crippen LogP contribution >= 0.6 is 0 Å². The quantitative estimate of drug-likeness (QED) is 0.353. The zero-order valence-corrected chi connectivity index (χ0v) is 18.0. The monoisotopic (exact) mass is 459 g/mol. The van der Waals surface area contributed by atoms with E-state index in [1.54, 1.807) is 12.1 Å². The maximum absolute atomic E-state index is 13.9. The number of nitrogens with one attached hydrogen (secondary N) is 1. The number of urea groups is 1. The number of hydrogen-bond donors (Lipinski definition) is 2. The SMILES string of the molecule is O=C(Nc1cccc([N+](=O)O)c1)C1CN2CC3C(=O)N(c4cccc5ccccc45)C(=O)[N+]13C2. The standard InChI is InChI=1S/C24H20N5O5/c30-22(25-16-7-4-8-17(11-16)28(33)34)20-12-26-13-21-23(31)27(24(32)29(20,21)14-26)19-10-3-6-15-5-1-2-9-18(15)19/h1-11,20-21H,12-14H2,(H-,25,30,33,34)/q+1/p+1. The van der Waals surface area contributed by atoms with Crippen LogP contribution in [0.3, 0.4) is 0 Å². The number of benzene rings is 3. The largest absolute Gasteiger partial charge is 0.433 e. The molecule has 2 N–H and O–H groups in total. The Labute approximate surface area is 193 Å². The summed E-state index contributed by atoms with van der Waals surface area (Å²) in [7, 11) is 0. The van der Waals surface area contributed by atoms with Gasteiger partial charge in [0.05, 0.1) is 23.7 Å². The molecule has 3 heterocycles. The Morgan fingerprint density at radius 3 is 2.62 bits per heavy atom. The van der Waals surface area contributed by atoms with Crippen LogP contribution in [0.2, 0.25) is 0 Å². The zero-order valence-electron chi connectivity index (χ0n) is 18.0. The molecule has 3 aliphatic heterocycles. The van der Waals surface area contributed by atoms with Crippen molar-refractivity contribution in [2.24, 2.45) is 0 Å². The normalized spacial score (nSPS) is 27.3. The second kappa shape index (κ2) is 7.17. The fourth-order valence-electron chi connectivity index (χ4n) is 5.59. The fraction of sp³-hybridized carbons (Fsp3) is 0.208. The molecule has 4 unspecified atom stereocenters. The van der Waals surface area contributed by atoms with E-state index in [1.807, 2.05) is 41.3 Å². The van der Waals surface area contributed by atoms with Crippen LogP contribution in [-0.2, 0) is 9.59 Å². The van der Waals surface area contributed by atoms with E-state index < -0.39 is 24.0 Å². The molecule has 3 fully saturated rings. The molecule has 0 radical (unpaired) electrons. The van der Waals surface area contributed by atoms with E-state index in [9.17, 15) is 19.3 Å². The molecule has 4 atom stereocenters. The second-order valence-electron chi connectivity index (χ2n) is 8.91. The van der Waals surface area contributed by atoms with Crippen molar-refractivity contribution in [3.8, 4) is 0 Å². The molecule has 0 aliphatic carbocycles. The minimum absolute atomic E-state index is 0.0331. The molecule has 34 heavy (non-hydrogen) atoms. The molecule has 0 aromatic heterocycles. The summed E-state index contributed by atoms with van der Waals surface area (Å²) >= 11 is 0. The molecule has 6 rings (SSSR count). The summed E-state index contributed by atoms with van der Waals surface area (Å²) in [5, 5.41) is 13.6. The summed E-state index contributed by atoms with van der Waals surface area (Å²) in [5.74, 6) is -0.716. The molecule has 3 aromatic carbocycles. The molecule has 10 heteroatoms. The van der Waals surface area contributed by atoms with Crippen molar-refractivity contribution in [2.75, 3.05) is 30.0 Å². The topological polar surface area (TPSA) is 110 Å². The minimum atomic E-state index is -0.781. The number of quaternary nitrogens is 1. The Balaban J connectivity index is 1.36. The first-order valence-electron chi connectivity index (χ1n) is 10.9. The van der Waals surface area contributed by atoms with E-state index in [-0.39, 0.29) is 21.0 Å². The van der Waals surface area contributed by atoms with Gasteiger partial charge in [-0.25, -0.2) is 19.4 Å². The van der Waals surface area contributed by atoms with Gasteiger partial charge in [-0.1, -0.05) is 42.5 Å². The highest BCUT2D eigenvalue weighted by Crippen LogP contribution is 2.44. The van der Waals surface area contributed by atoms with Crippen molar-refractivity contribution in [1.29, 1.82) is 0 Å². The van der Waals surface area contributed by atoms with Crippen molar-refractivity contribution < 1.29 is 29.0 Å². The maximum Gasteiger partial charge on any atom is 0.433 e. The predicted molar refractivity (Wildman–Crippen MR) is 121 cm³/mol. The van der Waals surface area contributed by atoms with E-state index in [1.165, 1.54) is 23.1 Å². The first-order chi connectivity index (χ1) is 16.4. The number of hydrogen-bond acceptors (Lipinski definition) is 5. The molecular weight excluding hydrogens is 438 g/mol. The molecule has 3 saturated heterocycles. The number of amides is 4. The van der Waals surface area contributed by atoms with Crippen molar-refractivity contribution in [3.63, 3.8) is 0 Å². The van der Waals surface area contributed by atoms with Crippen molar-refractivity contribution >= 4 is 45.7 Å². The van der Waals surface area contributed by atoms with Gasteiger partial charge in [0.2, 0.25) is 0 Å². The van der Waals surface area contributed by atoms with E-state index >= 15 is 0 Å². The summed E-state index contributed by atoms with van der Waals surface area (Å²) in [6.45, 7) is 1.05. The highest BCUT2D eigenvalue weighted by molar-refractivity contribution is 6.22. The number of anilines is 2. The lowest BCUT2D eigenvalue weighted by molar-refractivity contribution is -0.852. The van der Waals surface area contributed by atoms with Gasteiger partial charge in [-0.15, -0.1) is 0 Å². The lowest BCUT2D eigenvalue weighted by atomic mass is 10.1. The van der Waals surface area contributed by atoms with Crippen LogP contribution in [-0.4, -0.2) is 69.2 Å². The average molecular weight is 459 g/mol. The molecule has 4 amide bonds. The molecule has 0 saturated carbocycles. The summed E-state index contributed by atoms with van der Waals surface area (Å²) in [5.41, 5.74) is 0.808. The Kier molecular flexibility index (Phi) is 4.32. The third-order valence-electron chi connectivity index (χ3n) is 7.11. The van der Waals surface area contributed by atoms with Gasteiger partial charge in [-0.2, -0.15) is 4.90 Å². The number of rotatable bonds is 4. The first-order valence-corrected chi connectivity index (χ1v) is 10.9. The zero-order chi connectivity index (χ0) is 23.6. The summed E-state index contributed by atoms with van der Waals surface area (Å²) in [4.78, 5) is 54.9. The Morgan fingerprint density at radius 2 is 1.79 bits per heavy atom. The Bertz CT molecular complexity index is 1400. The van der Waals surface area contributed by atoms with Crippen LogP contribution in [0.4, 0.5) is 21.9 Å². The lowest BCUT2D eigenvalue weighted by Crippen LogP contribution is -2.63. The summed E-state index contributed by atoms with van der Waals surface area (Å²) in [6.07, 6.45) is 0. The number of carbonyl (C=O) groups is 3. The van der Waals surface area contributed by atoms with E-state index in [0.717, 1.165) is 10.8 Å². The number of piperazine rings is 1. The summed E-state index contributed by atoms with van der Waals surface area (Å²) < 4.78 is -0.263. The van der Waals surface area contributed by atoms with E-state index in [0.29, 0.717) is 31.1 Å². The molecule has 3 aliphatic rings. The van der Waals surface area contributed by atoms with Crippen molar-refractivity contribution in [2.45, 2.75) is 12.1 Å².